The highest BCUT2D eigenvalue weighted by atomic mass is 16.6. The molecule has 0 fully saturated rings. The lowest BCUT2D eigenvalue weighted by Gasteiger charge is -2.22. The van der Waals surface area contributed by atoms with E-state index in [1.165, 1.54) is 16.8 Å². The maximum atomic E-state index is 12.6. The lowest BCUT2D eigenvalue weighted by Crippen LogP contribution is -2.24. The van der Waals surface area contributed by atoms with E-state index in [4.69, 9.17) is 4.74 Å². The van der Waals surface area contributed by atoms with Crippen molar-refractivity contribution in [3.63, 3.8) is 0 Å². The first-order valence-electron chi connectivity index (χ1n) is 9.35. The zero-order chi connectivity index (χ0) is 20.2. The van der Waals surface area contributed by atoms with Crippen molar-refractivity contribution in [3.05, 3.63) is 70.9 Å². The van der Waals surface area contributed by atoms with Crippen LogP contribution in [0.15, 0.2) is 59.8 Å². The number of benzene rings is 2. The predicted molar refractivity (Wildman–Crippen MR) is 113 cm³/mol. The quantitative estimate of drug-likeness (QED) is 0.604. The third-order valence-corrected chi connectivity index (χ3v) is 4.53. The fourth-order valence-electron chi connectivity index (χ4n) is 2.81. The molecule has 0 aliphatic rings. The van der Waals surface area contributed by atoms with E-state index in [-0.39, 0.29) is 5.97 Å². The highest BCUT2D eigenvalue weighted by Gasteiger charge is 2.20. The zero-order valence-corrected chi connectivity index (χ0v) is 17.6. The van der Waals surface area contributed by atoms with Gasteiger partial charge in [0.1, 0.15) is 5.60 Å². The van der Waals surface area contributed by atoms with Crippen molar-refractivity contribution in [1.82, 2.24) is 4.90 Å². The number of esters is 1. The number of allylic oxidation sites excluding steroid dienone is 2. The van der Waals surface area contributed by atoms with Gasteiger partial charge < -0.3 is 9.64 Å². The van der Waals surface area contributed by atoms with Crippen LogP contribution in [0.2, 0.25) is 0 Å². The van der Waals surface area contributed by atoms with E-state index in [9.17, 15) is 4.79 Å². The highest BCUT2D eigenvalue weighted by Crippen LogP contribution is 2.26. The van der Waals surface area contributed by atoms with Crippen LogP contribution in [0.3, 0.4) is 0 Å². The van der Waals surface area contributed by atoms with Gasteiger partial charge in [0.15, 0.2) is 0 Å². The van der Waals surface area contributed by atoms with Crippen LogP contribution in [0.25, 0.3) is 11.1 Å². The van der Waals surface area contributed by atoms with Gasteiger partial charge in [-0.2, -0.15) is 0 Å². The van der Waals surface area contributed by atoms with Crippen LogP contribution in [0.5, 0.6) is 0 Å². The maximum absolute atomic E-state index is 12.6. The maximum Gasteiger partial charge on any atom is 0.339 e. The number of ether oxygens (including phenoxy) is 1. The average molecular weight is 366 g/mol. The second-order valence-electron chi connectivity index (χ2n) is 8.19. The summed E-state index contributed by atoms with van der Waals surface area (Å²) >= 11 is 0. The number of hydrogen-bond acceptors (Lipinski definition) is 3. The number of carbonyl (C=O) groups is 1. The predicted octanol–water partition coefficient (Wildman–Crippen LogP) is 6.05. The molecule has 0 bridgehead atoms. The van der Waals surface area contributed by atoms with Gasteiger partial charge in [-0.05, 0) is 64.3 Å². The summed E-state index contributed by atoms with van der Waals surface area (Å²) in [4.78, 5) is 14.8. The fourth-order valence-corrected chi connectivity index (χ4v) is 2.81. The topological polar surface area (TPSA) is 29.5 Å². The molecule has 3 heteroatoms. The Hall–Kier alpha value is -2.55. The van der Waals surface area contributed by atoms with Gasteiger partial charge in [0.2, 0.25) is 0 Å². The lowest BCUT2D eigenvalue weighted by atomic mass is 9.98. The van der Waals surface area contributed by atoms with E-state index in [0.29, 0.717) is 5.56 Å². The molecule has 0 unspecified atom stereocenters. The molecular weight excluding hydrogens is 334 g/mol. The molecule has 0 amide bonds. The van der Waals surface area contributed by atoms with Crippen molar-refractivity contribution < 1.29 is 9.53 Å². The number of rotatable bonds is 5. The van der Waals surface area contributed by atoms with Crippen LogP contribution in [-0.2, 0) is 11.3 Å². The molecule has 0 heterocycles. The van der Waals surface area contributed by atoms with Crippen LogP contribution in [0.4, 0.5) is 0 Å². The normalized spacial score (nSPS) is 11.1. The molecule has 0 saturated heterocycles. The molecule has 0 radical (unpaired) electrons. The monoisotopic (exact) mass is 365 g/mol. The first kappa shape index (κ1) is 20.8. The number of carbonyl (C=O) groups excluding carboxylic acids is 1. The molecule has 2 aromatic carbocycles. The zero-order valence-electron chi connectivity index (χ0n) is 17.6. The highest BCUT2D eigenvalue weighted by molar-refractivity contribution is 5.97. The molecule has 27 heavy (non-hydrogen) atoms. The Morgan fingerprint density at radius 2 is 1.56 bits per heavy atom. The van der Waals surface area contributed by atoms with Gasteiger partial charge in [-0.15, -0.1) is 0 Å². The van der Waals surface area contributed by atoms with Crippen LogP contribution in [0, 0.1) is 0 Å². The molecule has 0 aliphatic heterocycles. The van der Waals surface area contributed by atoms with Gasteiger partial charge in [-0.25, -0.2) is 4.79 Å². The summed E-state index contributed by atoms with van der Waals surface area (Å²) < 4.78 is 5.56. The standard InChI is InChI=1S/C24H31NO2/c1-17(2)18(3)25(7)16-19-12-14-20(15-13-19)21-10-8-9-11-22(21)23(26)27-24(4,5)6/h8-15H,16H2,1-7H3. The summed E-state index contributed by atoms with van der Waals surface area (Å²) in [5.41, 5.74) is 5.83. The molecule has 2 rings (SSSR count). The molecular formula is C24H31NO2. The Balaban J connectivity index is 2.25. The first-order valence-corrected chi connectivity index (χ1v) is 9.35. The SMILES string of the molecule is CC(C)=C(C)N(C)Cc1ccc(-c2ccccc2C(=O)OC(C)(C)C)cc1. The summed E-state index contributed by atoms with van der Waals surface area (Å²) in [6.45, 7) is 12.9. The minimum absolute atomic E-state index is 0.291. The second-order valence-corrected chi connectivity index (χ2v) is 8.19. The smallest absolute Gasteiger partial charge is 0.339 e. The first-order chi connectivity index (χ1) is 12.6. The van der Waals surface area contributed by atoms with Gasteiger partial charge in [0.25, 0.3) is 0 Å². The largest absolute Gasteiger partial charge is 0.456 e. The van der Waals surface area contributed by atoms with Gasteiger partial charge in [0.05, 0.1) is 5.56 Å². The lowest BCUT2D eigenvalue weighted by molar-refractivity contribution is 0.00704. The van der Waals surface area contributed by atoms with Crippen molar-refractivity contribution in [2.45, 2.75) is 53.7 Å². The van der Waals surface area contributed by atoms with Crippen molar-refractivity contribution in [2.75, 3.05) is 7.05 Å². The molecule has 3 nitrogen and oxygen atoms in total. The van der Waals surface area contributed by atoms with Gasteiger partial charge in [-0.1, -0.05) is 48.0 Å². The minimum Gasteiger partial charge on any atom is -0.456 e. The Morgan fingerprint density at radius 1 is 0.963 bits per heavy atom. The third kappa shape index (κ3) is 5.72. The summed E-state index contributed by atoms with van der Waals surface area (Å²) in [6, 6.07) is 16.0. The molecule has 0 aliphatic carbocycles. The fraction of sp³-hybridized carbons (Fsp3) is 0.375. The van der Waals surface area contributed by atoms with Crippen molar-refractivity contribution in [3.8, 4) is 11.1 Å². The van der Waals surface area contributed by atoms with Crippen LogP contribution in [-0.4, -0.2) is 23.5 Å². The van der Waals surface area contributed by atoms with Gasteiger partial charge in [0, 0.05) is 19.3 Å². The van der Waals surface area contributed by atoms with E-state index in [0.717, 1.165) is 17.7 Å². The average Bonchev–Trinajstić information content (AvgIpc) is 2.60. The van der Waals surface area contributed by atoms with E-state index in [1.54, 1.807) is 0 Å². The molecule has 0 spiro atoms. The van der Waals surface area contributed by atoms with E-state index in [1.807, 2.05) is 45.0 Å². The summed E-state index contributed by atoms with van der Waals surface area (Å²) in [5, 5.41) is 0. The van der Waals surface area contributed by atoms with E-state index in [2.05, 4.69) is 57.0 Å². The van der Waals surface area contributed by atoms with Gasteiger partial charge in [-0.3, -0.25) is 0 Å². The molecule has 0 saturated carbocycles. The summed E-state index contributed by atoms with van der Waals surface area (Å²) in [7, 11) is 2.11. The number of hydrogen-bond donors (Lipinski definition) is 0. The van der Waals surface area contributed by atoms with Crippen molar-refractivity contribution >= 4 is 5.97 Å². The summed E-state index contributed by atoms with van der Waals surface area (Å²) in [5.74, 6) is -0.291. The van der Waals surface area contributed by atoms with Crippen LogP contribution < -0.4 is 0 Å². The minimum atomic E-state index is -0.512. The second kappa shape index (κ2) is 8.43. The number of nitrogens with zero attached hydrogens (tertiary/aromatic N) is 1. The summed E-state index contributed by atoms with van der Waals surface area (Å²) in [6.07, 6.45) is 0. The van der Waals surface area contributed by atoms with E-state index >= 15 is 0 Å². The van der Waals surface area contributed by atoms with Gasteiger partial charge >= 0.3 is 5.97 Å². The van der Waals surface area contributed by atoms with Crippen molar-refractivity contribution in [1.29, 1.82) is 0 Å². The third-order valence-electron chi connectivity index (χ3n) is 4.53. The molecule has 0 N–H and O–H groups in total. The van der Waals surface area contributed by atoms with E-state index < -0.39 is 5.60 Å². The Morgan fingerprint density at radius 3 is 2.11 bits per heavy atom. The Labute approximate surface area is 163 Å². The molecule has 0 aromatic heterocycles. The molecule has 144 valence electrons. The van der Waals surface area contributed by atoms with Crippen LogP contribution in [0.1, 0.15) is 57.5 Å². The van der Waals surface area contributed by atoms with Crippen molar-refractivity contribution in [2.24, 2.45) is 0 Å². The molecule has 2 aromatic rings. The Kier molecular flexibility index (Phi) is 6.48. The van der Waals surface area contributed by atoms with Crippen LogP contribution >= 0.6 is 0 Å². The Bertz CT molecular complexity index is 822. The molecule has 0 atom stereocenters.